The molecule has 198 valence electrons. The van der Waals surface area contributed by atoms with Crippen molar-refractivity contribution < 1.29 is 23.1 Å². The first-order chi connectivity index (χ1) is 17.6. The maximum atomic E-state index is 12.8. The standard InChI is InChI=1S/C24H31N7O5S/c1-7-35-30-24(32)18-13-25-22(29-23-10-15(4)26-16(5)27-23)12-20(18)28-19-9-8-17(36-14(2)3)11-21(19)31(6)37(33)34/h8-14H,7H2,1-6H3,(H,30,32)(H,33,34)(H2,25,26,27,28,29)/p-1. The molecule has 2 heterocycles. The molecule has 3 N–H and O–H groups in total. The molecule has 0 aliphatic carbocycles. The molecule has 2 aromatic heterocycles. The number of nitrogens with zero attached hydrogens (tertiary/aromatic N) is 4. The summed E-state index contributed by atoms with van der Waals surface area (Å²) in [6, 6.07) is 8.36. The SMILES string of the molecule is CCONC(=O)c1cnc(Nc2cc(C)nc(C)n2)cc1Nc1ccc(OC(C)C)cc1N(C)S(=O)[O-]. The maximum absolute atomic E-state index is 12.8. The van der Waals surface area contributed by atoms with E-state index >= 15 is 0 Å². The van der Waals surface area contributed by atoms with Crippen molar-refractivity contribution >= 4 is 45.9 Å². The number of benzene rings is 1. The zero-order valence-corrected chi connectivity index (χ0v) is 22.3. The summed E-state index contributed by atoms with van der Waals surface area (Å²) in [5.41, 5.74) is 4.39. The average Bonchev–Trinajstić information content (AvgIpc) is 2.82. The van der Waals surface area contributed by atoms with E-state index in [0.29, 0.717) is 40.3 Å². The molecule has 0 fully saturated rings. The fourth-order valence-corrected chi connectivity index (χ4v) is 3.67. The van der Waals surface area contributed by atoms with E-state index in [1.54, 1.807) is 44.2 Å². The van der Waals surface area contributed by atoms with E-state index in [2.05, 4.69) is 31.1 Å². The second-order valence-corrected chi connectivity index (χ2v) is 9.21. The lowest BCUT2D eigenvalue weighted by Crippen LogP contribution is -2.25. The largest absolute Gasteiger partial charge is 0.755 e. The average molecular weight is 529 g/mol. The van der Waals surface area contributed by atoms with Gasteiger partial charge in [-0.3, -0.25) is 13.8 Å². The molecule has 0 aliphatic rings. The van der Waals surface area contributed by atoms with Gasteiger partial charge in [-0.05, 0) is 46.8 Å². The van der Waals surface area contributed by atoms with Gasteiger partial charge in [0.2, 0.25) is 0 Å². The van der Waals surface area contributed by atoms with Gasteiger partial charge in [-0.25, -0.2) is 20.4 Å². The molecule has 3 rings (SSSR count). The number of rotatable bonds is 11. The number of carbonyl (C=O) groups is 1. The highest BCUT2D eigenvalue weighted by molar-refractivity contribution is 7.80. The maximum Gasteiger partial charge on any atom is 0.278 e. The number of nitrogens with one attached hydrogen (secondary N) is 3. The van der Waals surface area contributed by atoms with Crippen LogP contribution in [0.5, 0.6) is 5.75 Å². The van der Waals surface area contributed by atoms with Gasteiger partial charge in [-0.2, -0.15) is 0 Å². The monoisotopic (exact) mass is 528 g/mol. The Bertz CT molecular complexity index is 1270. The van der Waals surface area contributed by atoms with Gasteiger partial charge in [0.15, 0.2) is 0 Å². The summed E-state index contributed by atoms with van der Waals surface area (Å²) in [6.07, 6.45) is 1.28. The summed E-state index contributed by atoms with van der Waals surface area (Å²) in [5.74, 6) is 1.49. The second-order valence-electron chi connectivity index (χ2n) is 8.23. The molecular formula is C24H30N7O5S-. The fraction of sp³-hybridized carbons (Fsp3) is 0.333. The van der Waals surface area contributed by atoms with E-state index < -0.39 is 17.2 Å². The molecule has 37 heavy (non-hydrogen) atoms. The number of aromatic nitrogens is 3. The Labute approximate surface area is 218 Å². The van der Waals surface area contributed by atoms with Gasteiger partial charge in [0, 0.05) is 48.4 Å². The Morgan fingerprint density at radius 2 is 1.86 bits per heavy atom. The van der Waals surface area contributed by atoms with Crippen LogP contribution >= 0.6 is 0 Å². The molecule has 0 spiro atoms. The quantitative estimate of drug-likeness (QED) is 0.248. The van der Waals surface area contributed by atoms with E-state index in [0.717, 1.165) is 10.00 Å². The Kier molecular flexibility index (Phi) is 9.33. The number of hydrogen-bond donors (Lipinski definition) is 3. The highest BCUT2D eigenvalue weighted by Gasteiger charge is 2.18. The van der Waals surface area contributed by atoms with Crippen LogP contribution in [0.1, 0.15) is 42.6 Å². The minimum atomic E-state index is -2.55. The Morgan fingerprint density at radius 3 is 2.51 bits per heavy atom. The van der Waals surface area contributed by atoms with Crippen molar-refractivity contribution in [1.82, 2.24) is 20.4 Å². The molecule has 0 aliphatic heterocycles. The third-order valence-electron chi connectivity index (χ3n) is 4.85. The summed E-state index contributed by atoms with van der Waals surface area (Å²) in [5, 5.41) is 6.28. The molecule has 0 radical (unpaired) electrons. The van der Waals surface area contributed by atoms with Crippen molar-refractivity contribution in [3.63, 3.8) is 0 Å². The van der Waals surface area contributed by atoms with Crippen molar-refractivity contribution in [2.45, 2.75) is 40.7 Å². The van der Waals surface area contributed by atoms with Crippen molar-refractivity contribution in [1.29, 1.82) is 0 Å². The number of anilines is 5. The molecule has 12 nitrogen and oxygen atoms in total. The first kappa shape index (κ1) is 27.8. The van der Waals surface area contributed by atoms with Gasteiger partial charge in [-0.1, -0.05) is 0 Å². The van der Waals surface area contributed by atoms with Crippen molar-refractivity contribution in [3.8, 4) is 5.75 Å². The van der Waals surface area contributed by atoms with Crippen LogP contribution in [0.15, 0.2) is 36.5 Å². The van der Waals surface area contributed by atoms with Gasteiger partial charge < -0.3 is 24.2 Å². The molecular weight excluding hydrogens is 498 g/mol. The zero-order chi connectivity index (χ0) is 27.1. The number of pyridine rings is 1. The summed E-state index contributed by atoms with van der Waals surface area (Å²) < 4.78 is 30.4. The third-order valence-corrected chi connectivity index (χ3v) is 5.50. The Hall–Kier alpha value is -3.81. The number of hydrogen-bond acceptors (Lipinski definition) is 10. The van der Waals surface area contributed by atoms with Crippen molar-refractivity contribution in [2.24, 2.45) is 0 Å². The number of carbonyl (C=O) groups excluding carboxylic acids is 1. The van der Waals surface area contributed by atoms with Gasteiger partial charge in [-0.15, -0.1) is 0 Å². The van der Waals surface area contributed by atoms with E-state index in [9.17, 15) is 13.6 Å². The lowest BCUT2D eigenvalue weighted by molar-refractivity contribution is 0.0365. The molecule has 1 atom stereocenters. The molecule has 0 bridgehead atoms. The van der Waals surface area contributed by atoms with Gasteiger partial charge in [0.1, 0.15) is 23.2 Å². The molecule has 1 amide bonds. The predicted molar refractivity (Wildman–Crippen MR) is 141 cm³/mol. The minimum Gasteiger partial charge on any atom is -0.755 e. The van der Waals surface area contributed by atoms with Gasteiger partial charge in [0.25, 0.3) is 5.91 Å². The second kappa shape index (κ2) is 12.4. The molecule has 1 unspecified atom stereocenters. The lowest BCUT2D eigenvalue weighted by Gasteiger charge is -2.26. The Morgan fingerprint density at radius 1 is 1.11 bits per heavy atom. The van der Waals surface area contributed by atoms with E-state index in [1.165, 1.54) is 13.2 Å². The normalized spacial score (nSPS) is 11.7. The number of hydroxylamine groups is 1. The van der Waals surface area contributed by atoms with Gasteiger partial charge in [0.05, 0.1) is 35.3 Å². The molecule has 0 saturated carbocycles. The van der Waals surface area contributed by atoms with E-state index in [-0.39, 0.29) is 18.3 Å². The van der Waals surface area contributed by atoms with Crippen LogP contribution in [0, 0.1) is 13.8 Å². The minimum absolute atomic E-state index is 0.105. The first-order valence-corrected chi connectivity index (χ1v) is 12.5. The highest BCUT2D eigenvalue weighted by atomic mass is 32.2. The number of aryl methyl sites for hydroxylation is 2. The predicted octanol–water partition coefficient (Wildman–Crippen LogP) is 3.67. The van der Waals surface area contributed by atoms with Crippen LogP contribution in [0.25, 0.3) is 0 Å². The smallest absolute Gasteiger partial charge is 0.278 e. The Balaban J connectivity index is 2.05. The van der Waals surface area contributed by atoms with Crippen LogP contribution < -0.4 is 25.2 Å². The third kappa shape index (κ3) is 7.59. The lowest BCUT2D eigenvalue weighted by atomic mass is 10.2. The topological polar surface area (TPSA) is 154 Å². The van der Waals surface area contributed by atoms with Crippen molar-refractivity contribution in [2.75, 3.05) is 28.6 Å². The van der Waals surface area contributed by atoms with Crippen LogP contribution in [-0.2, 0) is 16.1 Å². The summed E-state index contributed by atoms with van der Waals surface area (Å²) in [6.45, 7) is 9.39. The van der Waals surface area contributed by atoms with Crippen molar-refractivity contribution in [3.05, 3.63) is 53.6 Å². The fourth-order valence-electron chi connectivity index (χ4n) is 3.36. The number of ether oxygens (including phenoxy) is 1. The summed E-state index contributed by atoms with van der Waals surface area (Å²) in [4.78, 5) is 30.8. The first-order valence-electron chi connectivity index (χ1n) is 11.5. The molecule has 0 saturated heterocycles. The highest BCUT2D eigenvalue weighted by Crippen LogP contribution is 2.34. The van der Waals surface area contributed by atoms with Crippen LogP contribution in [0.2, 0.25) is 0 Å². The van der Waals surface area contributed by atoms with Crippen LogP contribution in [0.3, 0.4) is 0 Å². The van der Waals surface area contributed by atoms with Crippen LogP contribution in [-0.4, -0.2) is 49.4 Å². The van der Waals surface area contributed by atoms with E-state index in [1.807, 2.05) is 20.8 Å². The van der Waals surface area contributed by atoms with Gasteiger partial charge >= 0.3 is 0 Å². The molecule has 1 aromatic carbocycles. The van der Waals surface area contributed by atoms with E-state index in [4.69, 9.17) is 9.57 Å². The number of amides is 1. The van der Waals surface area contributed by atoms with Crippen LogP contribution in [0.4, 0.5) is 28.7 Å². The molecule has 13 heteroatoms. The molecule has 3 aromatic rings. The summed E-state index contributed by atoms with van der Waals surface area (Å²) >= 11 is -2.55. The zero-order valence-electron chi connectivity index (χ0n) is 21.5. The summed E-state index contributed by atoms with van der Waals surface area (Å²) in [7, 11) is 1.41.